The van der Waals surface area contributed by atoms with Crippen LogP contribution in [0.1, 0.15) is 91.7 Å². The van der Waals surface area contributed by atoms with E-state index in [0.717, 1.165) is 25.7 Å². The first-order valence-electron chi connectivity index (χ1n) is 15.3. The van der Waals surface area contributed by atoms with Crippen LogP contribution in [0.25, 0.3) is 0 Å². The molecule has 1 fully saturated rings. The molecule has 0 saturated heterocycles. The second-order valence-electron chi connectivity index (χ2n) is 15.3. The molecule has 0 aromatic heterocycles. The molecule has 0 aliphatic heterocycles. The lowest BCUT2D eigenvalue weighted by Crippen LogP contribution is -2.45. The Morgan fingerprint density at radius 2 is 1.63 bits per heavy atom. The van der Waals surface area contributed by atoms with E-state index in [1.807, 2.05) is 12.1 Å². The maximum Gasteiger partial charge on any atom is 0.192 e. The lowest BCUT2D eigenvalue weighted by atomic mass is 9.74. The summed E-state index contributed by atoms with van der Waals surface area (Å²) in [4.78, 5) is 0. The molecule has 1 unspecified atom stereocenters. The van der Waals surface area contributed by atoms with Crippen molar-refractivity contribution in [2.45, 2.75) is 142 Å². The zero-order valence-corrected chi connectivity index (χ0v) is 28.5. The highest BCUT2D eigenvalue weighted by molar-refractivity contribution is 6.74. The Kier molecular flexibility index (Phi) is 9.93. The van der Waals surface area contributed by atoms with Crippen molar-refractivity contribution in [1.29, 1.82) is 0 Å². The quantitative estimate of drug-likeness (QED) is 0.176. The summed E-state index contributed by atoms with van der Waals surface area (Å²) in [5.74, 6) is 1.97. The van der Waals surface area contributed by atoms with Crippen LogP contribution in [-0.2, 0) is 21.7 Å². The van der Waals surface area contributed by atoms with E-state index < -0.39 is 16.6 Å². The van der Waals surface area contributed by atoms with Gasteiger partial charge in [-0.3, -0.25) is 0 Å². The lowest BCUT2D eigenvalue weighted by molar-refractivity contribution is 0.147. The molecular formula is C33H58O3Si2. The van der Waals surface area contributed by atoms with Gasteiger partial charge in [-0.2, -0.15) is 0 Å². The van der Waals surface area contributed by atoms with Gasteiger partial charge in [-0.15, -0.1) is 0 Å². The largest absolute Gasteiger partial charge is 0.508 e. The monoisotopic (exact) mass is 558 g/mol. The highest BCUT2D eigenvalue weighted by Gasteiger charge is 2.49. The van der Waals surface area contributed by atoms with E-state index in [2.05, 4.69) is 92.9 Å². The molecule has 1 aromatic rings. The van der Waals surface area contributed by atoms with Gasteiger partial charge in [-0.1, -0.05) is 92.0 Å². The first-order valence-corrected chi connectivity index (χ1v) is 21.1. The second-order valence-corrected chi connectivity index (χ2v) is 24.8. The van der Waals surface area contributed by atoms with Crippen LogP contribution in [0.4, 0.5) is 0 Å². The molecule has 3 nitrogen and oxygen atoms in total. The number of phenols is 1. The molecule has 38 heavy (non-hydrogen) atoms. The Morgan fingerprint density at radius 3 is 2.24 bits per heavy atom. The Morgan fingerprint density at radius 1 is 0.974 bits per heavy atom. The Bertz CT molecular complexity index is 954. The molecule has 5 atom stereocenters. The minimum Gasteiger partial charge on any atom is -0.508 e. The molecule has 0 bridgehead atoms. The number of aromatic hydroxyl groups is 1. The molecular weight excluding hydrogens is 501 g/mol. The van der Waals surface area contributed by atoms with E-state index in [1.165, 1.54) is 30.4 Å². The summed E-state index contributed by atoms with van der Waals surface area (Å²) in [5.41, 5.74) is 2.50. The van der Waals surface area contributed by atoms with Crippen molar-refractivity contribution in [3.05, 3.63) is 41.5 Å². The Balaban J connectivity index is 1.92. The molecule has 5 heteroatoms. The molecule has 3 rings (SSSR count). The number of unbranched alkanes of at least 4 members (excludes halogenated alkanes) is 2. The third-order valence-corrected chi connectivity index (χ3v) is 19.4. The molecule has 0 spiro atoms. The second kappa shape index (κ2) is 11.9. The van der Waals surface area contributed by atoms with Crippen molar-refractivity contribution in [2.75, 3.05) is 0 Å². The molecule has 0 amide bonds. The molecule has 216 valence electrons. The van der Waals surface area contributed by atoms with Crippen LogP contribution in [-0.4, -0.2) is 33.9 Å². The smallest absolute Gasteiger partial charge is 0.192 e. The number of phenolic OH excluding ortho intramolecular Hbond substituents is 1. The molecule has 2 aliphatic carbocycles. The van der Waals surface area contributed by atoms with Crippen molar-refractivity contribution < 1.29 is 14.0 Å². The van der Waals surface area contributed by atoms with Gasteiger partial charge in [0.05, 0.1) is 12.2 Å². The normalized spacial score (nSPS) is 25.4. The van der Waals surface area contributed by atoms with Crippen molar-refractivity contribution in [1.82, 2.24) is 0 Å². The van der Waals surface area contributed by atoms with Gasteiger partial charge in [0.1, 0.15) is 5.75 Å². The van der Waals surface area contributed by atoms with E-state index in [4.69, 9.17) is 8.85 Å². The summed E-state index contributed by atoms with van der Waals surface area (Å²) < 4.78 is 14.2. The lowest BCUT2D eigenvalue weighted by Gasteiger charge is -2.40. The minimum absolute atomic E-state index is 0.176. The van der Waals surface area contributed by atoms with Crippen LogP contribution in [0, 0.1) is 17.8 Å². The molecule has 2 aliphatic rings. The number of hydrogen-bond acceptors (Lipinski definition) is 3. The van der Waals surface area contributed by atoms with Gasteiger partial charge in [-0.05, 0) is 91.0 Å². The van der Waals surface area contributed by atoms with Gasteiger partial charge >= 0.3 is 0 Å². The first-order chi connectivity index (χ1) is 17.5. The predicted molar refractivity (Wildman–Crippen MR) is 168 cm³/mol. The van der Waals surface area contributed by atoms with E-state index in [9.17, 15) is 5.11 Å². The first kappa shape index (κ1) is 31.6. The zero-order chi connectivity index (χ0) is 28.5. The Labute approximate surface area is 237 Å². The molecule has 0 radical (unpaired) electrons. The fraction of sp³-hybridized carbons (Fsp3) is 0.758. The van der Waals surface area contributed by atoms with Crippen molar-refractivity contribution in [2.24, 2.45) is 17.8 Å². The van der Waals surface area contributed by atoms with Crippen LogP contribution in [0.15, 0.2) is 30.4 Å². The summed E-state index contributed by atoms with van der Waals surface area (Å²) in [7, 11) is -3.80. The number of rotatable bonds is 10. The fourth-order valence-corrected chi connectivity index (χ4v) is 8.54. The summed E-state index contributed by atoms with van der Waals surface area (Å²) in [6, 6.07) is 6.09. The van der Waals surface area contributed by atoms with E-state index in [1.54, 1.807) is 0 Å². The maximum absolute atomic E-state index is 10.6. The molecule has 1 aromatic carbocycles. The Hall–Kier alpha value is -0.886. The van der Waals surface area contributed by atoms with E-state index in [0.29, 0.717) is 23.5 Å². The minimum atomic E-state index is -1.92. The van der Waals surface area contributed by atoms with E-state index in [-0.39, 0.29) is 22.3 Å². The van der Waals surface area contributed by atoms with Crippen molar-refractivity contribution in [3.8, 4) is 5.75 Å². The zero-order valence-electron chi connectivity index (χ0n) is 26.5. The van der Waals surface area contributed by atoms with Crippen molar-refractivity contribution in [3.63, 3.8) is 0 Å². The van der Waals surface area contributed by atoms with Gasteiger partial charge < -0.3 is 14.0 Å². The van der Waals surface area contributed by atoms with Crippen LogP contribution >= 0.6 is 0 Å². The average Bonchev–Trinajstić information content (AvgIpc) is 3.10. The average molecular weight is 559 g/mol. The molecule has 1 N–H and O–H groups in total. The van der Waals surface area contributed by atoms with Gasteiger partial charge in [-0.25, -0.2) is 0 Å². The van der Waals surface area contributed by atoms with Crippen LogP contribution in [0.3, 0.4) is 0 Å². The summed E-state index contributed by atoms with van der Waals surface area (Å²) in [6.45, 7) is 25.9. The number of benzene rings is 1. The molecule has 1 saturated carbocycles. The van der Waals surface area contributed by atoms with Gasteiger partial charge in [0.15, 0.2) is 16.6 Å². The number of hydrogen-bond donors (Lipinski definition) is 1. The topological polar surface area (TPSA) is 38.7 Å². The highest BCUT2D eigenvalue weighted by Crippen LogP contribution is 2.50. The number of fused-ring (bicyclic) bond motifs is 2. The summed E-state index contributed by atoms with van der Waals surface area (Å²) in [5, 5.41) is 11.0. The predicted octanol–water partition coefficient (Wildman–Crippen LogP) is 9.66. The summed E-state index contributed by atoms with van der Waals surface area (Å²) in [6.07, 6.45) is 13.3. The SMILES string of the molecule is CCCCC[C@@H](/C=C/[C@H]1C(O[Si](C)(C)C(C)(C)C)C[C@@H]2Cc3c(O)cccc3C[C@@H]21)O[Si](C)(C)C(C)(C)C. The molecule has 0 heterocycles. The van der Waals surface area contributed by atoms with E-state index >= 15 is 0 Å². The van der Waals surface area contributed by atoms with Gasteiger partial charge in [0, 0.05) is 5.92 Å². The highest BCUT2D eigenvalue weighted by atomic mass is 28.4. The van der Waals surface area contributed by atoms with Crippen LogP contribution < -0.4 is 0 Å². The maximum atomic E-state index is 10.6. The van der Waals surface area contributed by atoms with Crippen molar-refractivity contribution >= 4 is 16.6 Å². The van der Waals surface area contributed by atoms with Crippen LogP contribution in [0.5, 0.6) is 5.75 Å². The third-order valence-electron chi connectivity index (χ3n) is 10.4. The van der Waals surface area contributed by atoms with Gasteiger partial charge in [0.25, 0.3) is 0 Å². The van der Waals surface area contributed by atoms with Crippen LogP contribution in [0.2, 0.25) is 36.3 Å². The standard InChI is InChI=1S/C33H58O3Si2/c1-12-13-14-17-26(35-37(8,9)32(2,3)4)19-20-27-28-21-24-16-15-18-30(34)29(24)22-25(28)23-31(27)36-38(10,11)33(5,6)7/h15-16,18-20,25-28,31,34H,12-14,17,21-23H2,1-11H3/b20-19+/t25-,26-,27+,28-,31?/m0/s1. The van der Waals surface area contributed by atoms with Gasteiger partial charge in [0.2, 0.25) is 0 Å². The fourth-order valence-electron chi connectivity index (χ4n) is 5.87. The third kappa shape index (κ3) is 7.24. The summed E-state index contributed by atoms with van der Waals surface area (Å²) >= 11 is 0.